The summed E-state index contributed by atoms with van der Waals surface area (Å²) in [6.07, 6.45) is 2.31. The van der Waals surface area contributed by atoms with Gasteiger partial charge < -0.3 is 4.43 Å². The molecule has 3 nitrogen and oxygen atoms in total. The van der Waals surface area contributed by atoms with Crippen molar-refractivity contribution in [1.29, 1.82) is 0 Å². The second-order valence-electron chi connectivity index (χ2n) is 8.32. The van der Waals surface area contributed by atoms with Gasteiger partial charge in [0.15, 0.2) is 14.6 Å². The van der Waals surface area contributed by atoms with Crippen molar-refractivity contribution in [1.82, 2.24) is 4.98 Å². The third kappa shape index (κ3) is 3.98. The molecule has 0 saturated heterocycles. The van der Waals surface area contributed by atoms with Gasteiger partial charge in [-0.25, -0.2) is 4.39 Å². The maximum absolute atomic E-state index is 14.5. The molecule has 2 aromatic rings. The highest BCUT2D eigenvalue weighted by Crippen LogP contribution is 2.38. The van der Waals surface area contributed by atoms with Gasteiger partial charge in [0.05, 0.1) is 5.56 Å². The molecule has 0 saturated carbocycles. The Balaban J connectivity index is 2.42. The standard InChI is InChI=1S/C20H28FNO2Si/c1-13(12-24-25(6,7)20(3,4)5)15-9-19(21)18(11-23)16-8-14(2)22-10-17(15)16/h8-11,13H,12H2,1-7H3. The Morgan fingerprint density at radius 3 is 2.48 bits per heavy atom. The first-order valence-electron chi connectivity index (χ1n) is 8.66. The van der Waals surface area contributed by atoms with E-state index in [1.165, 1.54) is 6.07 Å². The molecule has 1 aromatic carbocycles. The lowest BCUT2D eigenvalue weighted by Crippen LogP contribution is -2.41. The van der Waals surface area contributed by atoms with Crippen LogP contribution in [0.15, 0.2) is 18.3 Å². The first-order chi connectivity index (χ1) is 11.5. The summed E-state index contributed by atoms with van der Waals surface area (Å²) in [6, 6.07) is 3.23. The Hall–Kier alpha value is -1.59. The molecule has 1 heterocycles. The number of carbonyl (C=O) groups excluding carboxylic acids is 1. The van der Waals surface area contributed by atoms with Crippen LogP contribution in [0.4, 0.5) is 4.39 Å². The predicted octanol–water partition coefficient (Wildman–Crippen LogP) is 5.62. The van der Waals surface area contributed by atoms with Gasteiger partial charge in [-0.2, -0.15) is 0 Å². The number of rotatable bonds is 5. The van der Waals surface area contributed by atoms with Crippen molar-refractivity contribution in [2.75, 3.05) is 6.61 Å². The molecule has 1 unspecified atom stereocenters. The van der Waals surface area contributed by atoms with Crippen molar-refractivity contribution in [3.8, 4) is 0 Å². The van der Waals surface area contributed by atoms with Crippen molar-refractivity contribution in [2.24, 2.45) is 0 Å². The summed E-state index contributed by atoms with van der Waals surface area (Å²) >= 11 is 0. The van der Waals surface area contributed by atoms with Crippen molar-refractivity contribution >= 4 is 25.4 Å². The molecule has 2 rings (SSSR count). The van der Waals surface area contributed by atoms with Crippen LogP contribution in [-0.2, 0) is 4.43 Å². The number of aldehydes is 1. The monoisotopic (exact) mass is 361 g/mol. The molecule has 1 atom stereocenters. The van der Waals surface area contributed by atoms with E-state index in [1.54, 1.807) is 12.3 Å². The lowest BCUT2D eigenvalue weighted by molar-refractivity contribution is 0.112. The van der Waals surface area contributed by atoms with Gasteiger partial charge in [-0.3, -0.25) is 9.78 Å². The van der Waals surface area contributed by atoms with Crippen molar-refractivity contribution in [3.63, 3.8) is 0 Å². The molecule has 0 radical (unpaired) electrons. The molecule has 1 aromatic heterocycles. The topological polar surface area (TPSA) is 39.2 Å². The highest BCUT2D eigenvalue weighted by molar-refractivity contribution is 6.74. The zero-order chi connectivity index (χ0) is 19.0. The van der Waals surface area contributed by atoms with Crippen molar-refractivity contribution < 1.29 is 13.6 Å². The molecular weight excluding hydrogens is 333 g/mol. The zero-order valence-electron chi connectivity index (χ0n) is 16.2. The third-order valence-corrected chi connectivity index (χ3v) is 9.83. The van der Waals surface area contributed by atoms with E-state index in [0.717, 1.165) is 16.6 Å². The largest absolute Gasteiger partial charge is 0.416 e. The van der Waals surface area contributed by atoms with Crippen LogP contribution in [0, 0.1) is 12.7 Å². The predicted molar refractivity (Wildman–Crippen MR) is 103 cm³/mol. The molecule has 0 bridgehead atoms. The summed E-state index contributed by atoms with van der Waals surface area (Å²) in [6.45, 7) is 15.4. The van der Waals surface area contributed by atoms with Crippen LogP contribution in [0.3, 0.4) is 0 Å². The molecule has 5 heteroatoms. The van der Waals surface area contributed by atoms with Crippen LogP contribution in [-0.4, -0.2) is 26.2 Å². The number of aromatic nitrogens is 1. The first-order valence-corrected chi connectivity index (χ1v) is 11.6. The van der Waals surface area contributed by atoms with Crippen LogP contribution >= 0.6 is 0 Å². The Morgan fingerprint density at radius 2 is 1.92 bits per heavy atom. The first kappa shape index (κ1) is 19.7. The second-order valence-corrected chi connectivity index (χ2v) is 13.1. The highest BCUT2D eigenvalue weighted by Gasteiger charge is 2.37. The second kappa shape index (κ2) is 6.96. The fraction of sp³-hybridized carbons (Fsp3) is 0.500. The highest BCUT2D eigenvalue weighted by atomic mass is 28.4. The quantitative estimate of drug-likeness (QED) is 0.512. The smallest absolute Gasteiger partial charge is 0.192 e. The van der Waals surface area contributed by atoms with Crippen LogP contribution in [0.1, 0.15) is 55.2 Å². The van der Waals surface area contributed by atoms with Crippen LogP contribution < -0.4 is 0 Å². The summed E-state index contributed by atoms with van der Waals surface area (Å²) < 4.78 is 20.8. The maximum atomic E-state index is 14.5. The Kier molecular flexibility index (Phi) is 5.49. The number of aryl methyl sites for hydroxylation is 1. The van der Waals surface area contributed by atoms with Gasteiger partial charge in [-0.1, -0.05) is 27.7 Å². The minimum absolute atomic E-state index is 0.0105. The van der Waals surface area contributed by atoms with Gasteiger partial charge in [0.2, 0.25) is 0 Å². The number of benzene rings is 1. The average Bonchev–Trinajstić information content (AvgIpc) is 2.50. The van der Waals surface area contributed by atoms with E-state index >= 15 is 0 Å². The van der Waals surface area contributed by atoms with E-state index in [1.807, 2.05) is 13.8 Å². The van der Waals surface area contributed by atoms with E-state index in [4.69, 9.17) is 4.43 Å². The van der Waals surface area contributed by atoms with Gasteiger partial charge in [0.25, 0.3) is 0 Å². The van der Waals surface area contributed by atoms with Crippen molar-refractivity contribution in [2.45, 2.75) is 58.7 Å². The fourth-order valence-corrected chi connectivity index (χ4v) is 3.70. The Labute approximate surface area is 150 Å². The van der Waals surface area contributed by atoms with Crippen LogP contribution in [0.2, 0.25) is 18.1 Å². The van der Waals surface area contributed by atoms with Crippen LogP contribution in [0.5, 0.6) is 0 Å². The molecule has 0 spiro atoms. The van der Waals surface area contributed by atoms with Gasteiger partial charge in [-0.05, 0) is 48.1 Å². The fourth-order valence-electron chi connectivity index (χ4n) is 2.60. The van der Waals surface area contributed by atoms with Gasteiger partial charge >= 0.3 is 0 Å². The number of hydrogen-bond donors (Lipinski definition) is 0. The van der Waals surface area contributed by atoms with E-state index in [2.05, 4.69) is 38.8 Å². The van der Waals surface area contributed by atoms with Crippen molar-refractivity contribution in [3.05, 3.63) is 41.0 Å². The summed E-state index contributed by atoms with van der Waals surface area (Å²) in [4.78, 5) is 15.7. The lowest BCUT2D eigenvalue weighted by Gasteiger charge is -2.37. The van der Waals surface area contributed by atoms with Crippen LogP contribution in [0.25, 0.3) is 10.8 Å². The SMILES string of the molecule is Cc1cc2c(C=O)c(F)cc(C(C)CO[Si](C)(C)C(C)(C)C)c2cn1. The number of hydrogen-bond acceptors (Lipinski definition) is 3. The van der Waals surface area contributed by atoms with Gasteiger partial charge in [0, 0.05) is 29.8 Å². The van der Waals surface area contributed by atoms with Gasteiger partial charge in [0.1, 0.15) is 5.82 Å². The number of halogens is 1. The summed E-state index contributed by atoms with van der Waals surface area (Å²) in [5.41, 5.74) is 1.70. The summed E-state index contributed by atoms with van der Waals surface area (Å²) in [5.74, 6) is -0.474. The Bertz CT molecular complexity index is 796. The summed E-state index contributed by atoms with van der Waals surface area (Å²) in [5, 5.41) is 1.57. The van der Waals surface area contributed by atoms with Gasteiger partial charge in [-0.15, -0.1) is 0 Å². The van der Waals surface area contributed by atoms with E-state index in [-0.39, 0.29) is 16.5 Å². The average molecular weight is 362 g/mol. The Morgan fingerprint density at radius 1 is 1.28 bits per heavy atom. The lowest BCUT2D eigenvalue weighted by atomic mass is 9.93. The number of pyridine rings is 1. The normalized spacial score (nSPS) is 13.9. The summed E-state index contributed by atoms with van der Waals surface area (Å²) in [7, 11) is -1.87. The zero-order valence-corrected chi connectivity index (χ0v) is 17.2. The number of fused-ring (bicyclic) bond motifs is 1. The third-order valence-electron chi connectivity index (χ3n) is 5.33. The van der Waals surface area contributed by atoms with E-state index in [9.17, 15) is 9.18 Å². The minimum Gasteiger partial charge on any atom is -0.416 e. The molecule has 0 aliphatic heterocycles. The van der Waals surface area contributed by atoms with E-state index in [0.29, 0.717) is 18.3 Å². The number of carbonyl (C=O) groups is 1. The molecule has 0 aliphatic rings. The molecule has 0 N–H and O–H groups in total. The molecule has 0 amide bonds. The molecular formula is C20H28FNO2Si. The maximum Gasteiger partial charge on any atom is 0.192 e. The minimum atomic E-state index is -1.87. The molecule has 0 aliphatic carbocycles. The van der Waals surface area contributed by atoms with E-state index < -0.39 is 14.1 Å². The molecule has 25 heavy (non-hydrogen) atoms. The molecule has 136 valence electrons. The number of nitrogens with zero attached hydrogens (tertiary/aromatic N) is 1. The molecule has 0 fully saturated rings.